The molecule has 23 heavy (non-hydrogen) atoms. The van der Waals surface area contributed by atoms with Gasteiger partial charge in [0, 0.05) is 10.9 Å². The number of nitrogens with one attached hydrogen (secondary N) is 1. The summed E-state index contributed by atoms with van der Waals surface area (Å²) in [5, 5.41) is 8.97. The topological polar surface area (TPSA) is 110 Å². The minimum absolute atomic E-state index is 0.0856. The number of hydrogen-bond donors (Lipinski definition) is 3. The first kappa shape index (κ1) is 15.1. The van der Waals surface area contributed by atoms with Crippen LogP contribution in [0.15, 0.2) is 65.6 Å². The fourth-order valence-electron chi connectivity index (χ4n) is 2.47. The maximum Gasteiger partial charge on any atom is 0.224 e. The van der Waals surface area contributed by atoms with Gasteiger partial charge < -0.3 is 11.5 Å². The van der Waals surface area contributed by atoms with Crippen molar-refractivity contribution in [3.63, 3.8) is 0 Å². The van der Waals surface area contributed by atoms with Gasteiger partial charge in [0.05, 0.1) is 16.3 Å². The molecule has 0 spiro atoms. The molecule has 0 aliphatic carbocycles. The molecule has 116 valence electrons. The smallest absolute Gasteiger partial charge is 0.224 e. The number of anilines is 2. The number of sulfone groups is 1. The molecular weight excluding hydrogens is 310 g/mol. The van der Waals surface area contributed by atoms with Gasteiger partial charge in [-0.25, -0.2) is 8.42 Å². The van der Waals surface area contributed by atoms with E-state index in [1.165, 1.54) is 12.1 Å². The highest BCUT2D eigenvalue weighted by Crippen LogP contribution is 2.28. The normalized spacial score (nSPS) is 11.5. The van der Waals surface area contributed by atoms with Gasteiger partial charge in [-0.15, -0.1) is 0 Å². The van der Waals surface area contributed by atoms with Crippen molar-refractivity contribution in [2.24, 2.45) is 0 Å². The Morgan fingerprint density at radius 2 is 1.52 bits per heavy atom. The zero-order valence-electron chi connectivity index (χ0n) is 12.2. The van der Waals surface area contributed by atoms with Gasteiger partial charge in [-0.05, 0) is 23.6 Å². The maximum atomic E-state index is 12.9. The number of hydrogen-bond acceptors (Lipinski definition) is 5. The van der Waals surface area contributed by atoms with Gasteiger partial charge >= 0.3 is 0 Å². The van der Waals surface area contributed by atoms with E-state index in [-0.39, 0.29) is 21.8 Å². The minimum atomic E-state index is -4.01. The van der Waals surface area contributed by atoms with Crippen LogP contribution in [-0.4, -0.2) is 13.5 Å². The van der Waals surface area contributed by atoms with Crippen molar-refractivity contribution < 1.29 is 8.42 Å². The summed E-state index contributed by atoms with van der Waals surface area (Å²) in [6, 6.07) is 16.7. The lowest BCUT2D eigenvalue weighted by atomic mass is 10.1. The molecule has 0 amide bonds. The zero-order valence-corrected chi connectivity index (χ0v) is 13.0. The minimum Gasteiger partial charge on any atom is -0.397 e. The van der Waals surface area contributed by atoms with E-state index in [4.69, 9.17) is 16.9 Å². The molecule has 3 aromatic carbocycles. The van der Waals surface area contributed by atoms with Crippen LogP contribution in [0.1, 0.15) is 5.56 Å². The summed E-state index contributed by atoms with van der Waals surface area (Å²) in [6.07, 6.45) is 0. The molecule has 5 N–H and O–H groups in total. The number of para-hydroxylation sites is 1. The predicted octanol–water partition coefficient (Wildman–Crippen LogP) is 2.80. The number of nitrogens with two attached hydrogens (primary N) is 2. The SMILES string of the molecule is N=C(c1cccc(N)c1N)S(=O)(=O)c1cccc2ccccc12. The van der Waals surface area contributed by atoms with E-state index in [1.54, 1.807) is 30.3 Å². The molecule has 3 rings (SSSR count). The van der Waals surface area contributed by atoms with E-state index >= 15 is 0 Å². The van der Waals surface area contributed by atoms with Crippen LogP contribution in [0, 0.1) is 5.41 Å². The number of rotatable bonds is 2. The predicted molar refractivity (Wildman–Crippen MR) is 93.2 cm³/mol. The van der Waals surface area contributed by atoms with Gasteiger partial charge in [-0.3, -0.25) is 5.41 Å². The van der Waals surface area contributed by atoms with Crippen LogP contribution >= 0.6 is 0 Å². The first-order valence-corrected chi connectivity index (χ1v) is 8.37. The van der Waals surface area contributed by atoms with E-state index in [2.05, 4.69) is 0 Å². The summed E-state index contributed by atoms with van der Waals surface area (Å²) < 4.78 is 25.8. The fraction of sp³-hybridized carbons (Fsp3) is 0. The van der Waals surface area contributed by atoms with Crippen LogP contribution in [0.4, 0.5) is 11.4 Å². The van der Waals surface area contributed by atoms with Crippen molar-refractivity contribution in [3.05, 3.63) is 66.2 Å². The lowest BCUT2D eigenvalue weighted by Gasteiger charge is -2.12. The molecule has 0 aliphatic rings. The van der Waals surface area contributed by atoms with Crippen LogP contribution in [-0.2, 0) is 9.84 Å². The van der Waals surface area contributed by atoms with E-state index in [9.17, 15) is 8.42 Å². The Labute approximate surface area is 134 Å². The van der Waals surface area contributed by atoms with Gasteiger partial charge in [0.1, 0.15) is 0 Å². The summed E-state index contributed by atoms with van der Waals surface area (Å²) in [4.78, 5) is 0.0856. The Bertz CT molecular complexity index is 1020. The van der Waals surface area contributed by atoms with E-state index in [0.717, 1.165) is 5.39 Å². The molecule has 0 saturated carbocycles. The Kier molecular flexibility index (Phi) is 3.54. The molecule has 0 unspecified atom stereocenters. The average Bonchev–Trinajstić information content (AvgIpc) is 2.56. The molecule has 0 aliphatic heterocycles. The maximum absolute atomic E-state index is 12.9. The van der Waals surface area contributed by atoms with Crippen LogP contribution < -0.4 is 11.5 Å². The standard InChI is InChI=1S/C17H15N3O2S/c18-14-9-4-8-13(16(14)19)17(20)23(21,22)15-10-3-6-11-5-1-2-7-12(11)15/h1-10,20H,18-19H2. The highest BCUT2D eigenvalue weighted by atomic mass is 32.2. The first-order chi connectivity index (χ1) is 10.9. The van der Waals surface area contributed by atoms with Gasteiger partial charge in [0.15, 0.2) is 5.04 Å². The summed E-state index contributed by atoms with van der Waals surface area (Å²) in [6.45, 7) is 0. The van der Waals surface area contributed by atoms with Gasteiger partial charge in [0.2, 0.25) is 9.84 Å². The second kappa shape index (κ2) is 5.40. The third kappa shape index (κ3) is 2.43. The molecule has 6 heteroatoms. The quantitative estimate of drug-likeness (QED) is 0.382. The summed E-state index contributed by atoms with van der Waals surface area (Å²) in [5.74, 6) is 0. The number of fused-ring (bicyclic) bond motifs is 1. The average molecular weight is 325 g/mol. The van der Waals surface area contributed by atoms with Crippen molar-refractivity contribution in [2.45, 2.75) is 4.90 Å². The molecule has 0 saturated heterocycles. The number of nitrogen functional groups attached to an aromatic ring is 2. The third-order valence-electron chi connectivity index (χ3n) is 3.69. The highest BCUT2D eigenvalue weighted by molar-refractivity contribution is 8.07. The van der Waals surface area contributed by atoms with Crippen molar-refractivity contribution in [2.75, 3.05) is 11.5 Å². The Morgan fingerprint density at radius 3 is 2.30 bits per heavy atom. The molecule has 3 aromatic rings. The Morgan fingerprint density at radius 1 is 0.870 bits per heavy atom. The largest absolute Gasteiger partial charge is 0.397 e. The molecule has 0 atom stereocenters. The van der Waals surface area contributed by atoms with Crippen molar-refractivity contribution in [1.82, 2.24) is 0 Å². The summed E-state index contributed by atoms with van der Waals surface area (Å²) in [7, 11) is -4.01. The van der Waals surface area contributed by atoms with Crippen LogP contribution in [0.25, 0.3) is 10.8 Å². The molecular formula is C17H15N3O2S. The second-order valence-electron chi connectivity index (χ2n) is 5.12. The molecule has 0 radical (unpaired) electrons. The van der Waals surface area contributed by atoms with Crippen molar-refractivity contribution >= 4 is 37.0 Å². The van der Waals surface area contributed by atoms with Gasteiger partial charge in [-0.1, -0.05) is 42.5 Å². The van der Waals surface area contributed by atoms with E-state index < -0.39 is 14.9 Å². The monoisotopic (exact) mass is 325 g/mol. The van der Waals surface area contributed by atoms with Gasteiger partial charge in [-0.2, -0.15) is 0 Å². The molecule has 0 aromatic heterocycles. The highest BCUT2D eigenvalue weighted by Gasteiger charge is 2.26. The number of benzene rings is 3. The van der Waals surface area contributed by atoms with Gasteiger partial charge in [0.25, 0.3) is 0 Å². The Hall–Kier alpha value is -2.86. The van der Waals surface area contributed by atoms with E-state index in [0.29, 0.717) is 5.39 Å². The second-order valence-corrected chi connectivity index (χ2v) is 6.97. The zero-order chi connectivity index (χ0) is 16.6. The summed E-state index contributed by atoms with van der Waals surface area (Å²) >= 11 is 0. The van der Waals surface area contributed by atoms with E-state index in [1.807, 2.05) is 18.2 Å². The lowest BCUT2D eigenvalue weighted by molar-refractivity contribution is 0.608. The molecule has 0 bridgehead atoms. The lowest BCUT2D eigenvalue weighted by Crippen LogP contribution is -2.18. The first-order valence-electron chi connectivity index (χ1n) is 6.88. The molecule has 0 heterocycles. The molecule has 0 fully saturated rings. The van der Waals surface area contributed by atoms with Crippen LogP contribution in [0.2, 0.25) is 0 Å². The third-order valence-corrected chi connectivity index (χ3v) is 5.38. The van der Waals surface area contributed by atoms with Crippen LogP contribution in [0.5, 0.6) is 0 Å². The van der Waals surface area contributed by atoms with Crippen molar-refractivity contribution in [1.29, 1.82) is 5.41 Å². The van der Waals surface area contributed by atoms with Crippen LogP contribution in [0.3, 0.4) is 0 Å². The molecule has 5 nitrogen and oxygen atoms in total. The van der Waals surface area contributed by atoms with Crippen molar-refractivity contribution in [3.8, 4) is 0 Å². The Balaban J connectivity index is 2.22. The fourth-order valence-corrected chi connectivity index (χ4v) is 3.89. The summed E-state index contributed by atoms with van der Waals surface area (Å²) in [5.41, 5.74) is 12.0.